The Labute approximate surface area is 343 Å². The fraction of sp³-hybridized carbons (Fsp3) is 0.152. The van der Waals surface area contributed by atoms with Gasteiger partial charge < -0.3 is 21.7 Å². The predicted molar refractivity (Wildman–Crippen MR) is 213 cm³/mol. The molecule has 20 heteroatoms. The molecule has 0 atom stereocenters. The number of carbonyl (C=O) groups is 4. The van der Waals surface area contributed by atoms with Gasteiger partial charge in [0.05, 0.1) is 23.2 Å². The summed E-state index contributed by atoms with van der Waals surface area (Å²) in [6.45, 7) is 0. The Hall–Kier alpha value is -2.77. The lowest BCUT2D eigenvalue weighted by molar-refractivity contribution is -0.115. The van der Waals surface area contributed by atoms with E-state index in [1.807, 2.05) is 0 Å². The number of nitrogens with two attached hydrogens (primary N) is 1. The summed E-state index contributed by atoms with van der Waals surface area (Å²) >= 11 is 16.1. The number of halogens is 11. The summed E-state index contributed by atoms with van der Waals surface area (Å²) in [6.07, 6.45) is 0.712. The van der Waals surface area contributed by atoms with Crippen LogP contribution in [0.25, 0.3) is 0 Å². The standard InChI is InChI=1S/C8H5BrFNO.C8H7ClFNO.C8H6FNO.C6H6FN.C2H2Cl2O.CH4.Al.3ClH/c9-5-1-4-2-8(12)11-7(4)3-6(5)10;9-5-8(12)11-7-3-1-2-6(10)4-7;9-6-2-1-5-3-8(11)10-7(5)4-6;7-5-2-1-3-6(8)4-5;3-1-2(4)5;;;;;/h1,3H,2H2,(H,11,12);1-4H,5H2,(H,11,12);1-2,4H,3H2,(H,10,11);1-4H,8H2;1H2;1H4;;3*1H/q;;;;;;+3;;;/p-3. The molecule has 0 radical (unpaired) electrons. The van der Waals surface area contributed by atoms with Crippen LogP contribution in [0.5, 0.6) is 0 Å². The molecule has 8 nitrogen and oxygen atoms in total. The summed E-state index contributed by atoms with van der Waals surface area (Å²) in [5.41, 5.74) is 9.00. The number of hydrogen-bond donors (Lipinski definition) is 4. The maximum absolute atomic E-state index is 12.9. The average molecular weight is 942 g/mol. The largest absolute Gasteiger partial charge is 0.643 e. The van der Waals surface area contributed by atoms with Crippen LogP contribution >= 0.6 is 80.9 Å². The average Bonchev–Trinajstić information content (AvgIpc) is 3.61. The van der Waals surface area contributed by atoms with Crippen LogP contribution in [0.1, 0.15) is 18.6 Å². The van der Waals surface area contributed by atoms with E-state index in [4.69, 9.17) is 70.7 Å². The molecule has 0 saturated heterocycles. The molecule has 6 rings (SSSR count). The Morgan fingerprint density at radius 1 is 0.755 bits per heavy atom. The van der Waals surface area contributed by atoms with Crippen molar-refractivity contribution >= 4 is 138 Å². The number of hydrogen-bond acceptors (Lipinski definition) is 5. The van der Waals surface area contributed by atoms with Crippen molar-refractivity contribution in [3.63, 3.8) is 0 Å². The lowest BCUT2D eigenvalue weighted by Crippen LogP contribution is -2.12. The van der Waals surface area contributed by atoms with E-state index in [0.717, 1.165) is 11.1 Å². The van der Waals surface area contributed by atoms with Crippen LogP contribution in [0.4, 0.5) is 40.3 Å². The van der Waals surface area contributed by atoms with E-state index < -0.39 is 16.6 Å². The van der Waals surface area contributed by atoms with Gasteiger partial charge in [0.25, 0.3) is 0 Å². The molecule has 0 bridgehead atoms. The fourth-order valence-corrected chi connectivity index (χ4v) is 4.13. The summed E-state index contributed by atoms with van der Waals surface area (Å²) in [5, 5.41) is 7.04. The van der Waals surface area contributed by atoms with E-state index >= 15 is 0 Å². The van der Waals surface area contributed by atoms with Crippen molar-refractivity contribution in [2.75, 3.05) is 33.4 Å². The quantitative estimate of drug-likeness (QED) is 0.0535. The Bertz CT molecular complexity index is 1780. The molecule has 3 amide bonds. The third kappa shape index (κ3) is 22.3. The highest BCUT2D eigenvalue weighted by Crippen LogP contribution is 2.28. The first-order valence-electron chi connectivity index (χ1n) is 14.1. The molecule has 4 aromatic rings. The maximum atomic E-state index is 12.9. The highest BCUT2D eigenvalue weighted by molar-refractivity contribution is 9.10. The number of alkyl halides is 2. The highest BCUT2D eigenvalue weighted by atomic mass is 79.9. The molecule has 2 aliphatic rings. The van der Waals surface area contributed by atoms with Crippen LogP contribution in [0, 0.1) is 23.3 Å². The first-order chi connectivity index (χ1) is 24.4. The smallest absolute Gasteiger partial charge is 0.399 e. The van der Waals surface area contributed by atoms with Gasteiger partial charge in [-0.25, -0.2) is 47.7 Å². The predicted octanol–water partition coefficient (Wildman–Crippen LogP) is 10.1. The molecule has 2 heterocycles. The zero-order valence-electron chi connectivity index (χ0n) is 26.3. The van der Waals surface area contributed by atoms with Crippen molar-refractivity contribution in [2.24, 2.45) is 0 Å². The fourth-order valence-electron chi connectivity index (χ4n) is 3.67. The van der Waals surface area contributed by atoms with Crippen LogP contribution < -0.4 is 21.7 Å². The van der Waals surface area contributed by atoms with E-state index in [2.05, 4.69) is 31.9 Å². The van der Waals surface area contributed by atoms with Crippen molar-refractivity contribution < 1.29 is 36.7 Å². The van der Waals surface area contributed by atoms with Crippen LogP contribution in [0.3, 0.4) is 0 Å². The number of fused-ring (bicyclic) bond motifs is 2. The molecule has 53 heavy (non-hydrogen) atoms. The second-order valence-electron chi connectivity index (χ2n) is 9.66. The normalized spacial score (nSPS) is 11.0. The molecule has 2 aliphatic heterocycles. The summed E-state index contributed by atoms with van der Waals surface area (Å²) in [4.78, 5) is 41.8. The molecule has 0 fully saturated rings. The van der Waals surface area contributed by atoms with Gasteiger partial charge in [-0.2, -0.15) is 0 Å². The third-order valence-electron chi connectivity index (χ3n) is 5.65. The van der Waals surface area contributed by atoms with Gasteiger partial charge in [-0.3, -0.25) is 19.2 Å². The van der Waals surface area contributed by atoms with E-state index in [1.54, 1.807) is 30.3 Å². The number of carbonyl (C=O) groups excluding carboxylic acids is 4. The Morgan fingerprint density at radius 3 is 1.72 bits per heavy atom. The Kier molecular flexibility index (Phi) is 25.5. The maximum Gasteiger partial charge on any atom is 0.643 e. The van der Waals surface area contributed by atoms with Gasteiger partial charge in [-0.1, -0.05) is 25.6 Å². The van der Waals surface area contributed by atoms with Gasteiger partial charge in [0, 0.05) is 22.7 Å². The molecule has 0 aromatic heterocycles. The molecule has 286 valence electrons. The molecule has 4 aromatic carbocycles. The molecule has 0 unspecified atom stereocenters. The topological polar surface area (TPSA) is 130 Å². The molecule has 5 N–H and O–H groups in total. The van der Waals surface area contributed by atoms with Crippen molar-refractivity contribution in [3.05, 3.63) is 118 Å². The van der Waals surface area contributed by atoms with E-state index in [-0.39, 0.29) is 60.2 Å². The van der Waals surface area contributed by atoms with Crippen molar-refractivity contribution in [1.29, 1.82) is 0 Å². The lowest BCUT2D eigenvalue weighted by atomic mass is 10.2. The van der Waals surface area contributed by atoms with Crippen LogP contribution in [-0.4, -0.2) is 46.1 Å². The minimum Gasteiger partial charge on any atom is -0.399 e. The van der Waals surface area contributed by atoms with Gasteiger partial charge >= 0.3 is 11.4 Å². The first-order valence-corrected chi connectivity index (χ1v) is 21.6. The minimum absolute atomic E-state index is 0. The van der Waals surface area contributed by atoms with Gasteiger partial charge in [-0.05, 0) is 99.3 Å². The number of anilines is 4. The summed E-state index contributed by atoms with van der Waals surface area (Å²) in [5.74, 6) is -2.05. The number of amides is 3. The molecular weight excluding hydrogens is 912 g/mol. The van der Waals surface area contributed by atoms with Crippen molar-refractivity contribution in [3.8, 4) is 0 Å². The van der Waals surface area contributed by atoms with Gasteiger partial charge in [-0.15, -0.1) is 23.2 Å². The number of rotatable bonds is 3. The Morgan fingerprint density at radius 2 is 1.25 bits per heavy atom. The van der Waals surface area contributed by atoms with E-state index in [9.17, 15) is 36.7 Å². The number of nitrogen functional groups attached to an aromatic ring is 1. The van der Waals surface area contributed by atoms with E-state index in [0.29, 0.717) is 40.1 Å². The third-order valence-corrected chi connectivity index (χ3v) is 7.02. The lowest BCUT2D eigenvalue weighted by Gasteiger charge is -2.01. The minimum atomic E-state index is -1.72. The van der Waals surface area contributed by atoms with Gasteiger partial charge in [0.15, 0.2) is 0 Å². The SMILES string of the molecule is C.Nc1cccc(F)c1.O=C(CCl)Nc1cccc(F)c1.O=C(Cl)CCl.O=C1Cc2cc(Br)c(F)cc2N1.O=C1Cc2ccc(F)cc2N1.[Cl][Al]([Cl])[Cl]. The van der Waals surface area contributed by atoms with Gasteiger partial charge in [0.2, 0.25) is 23.0 Å². The molecule has 0 spiro atoms. The highest BCUT2D eigenvalue weighted by Gasteiger charge is 2.19. The second-order valence-corrected chi connectivity index (χ2v) is 17.9. The Balaban J connectivity index is 0.000000633. The second kappa shape index (κ2) is 26.9. The van der Waals surface area contributed by atoms with Crippen molar-refractivity contribution in [2.45, 2.75) is 20.3 Å². The molecule has 0 aliphatic carbocycles. The van der Waals surface area contributed by atoms with Crippen LogP contribution in [-0.2, 0) is 32.0 Å². The van der Waals surface area contributed by atoms with Crippen LogP contribution in [0.2, 0.25) is 0 Å². The molecule has 0 saturated carbocycles. The number of benzene rings is 4. The monoisotopic (exact) mass is 938 g/mol. The zero-order chi connectivity index (χ0) is 39.4. The van der Waals surface area contributed by atoms with Gasteiger partial charge in [0.1, 0.15) is 29.1 Å². The summed E-state index contributed by atoms with van der Waals surface area (Å²) in [7, 11) is 14.8. The van der Waals surface area contributed by atoms with Crippen LogP contribution in [0.15, 0.2) is 83.3 Å². The molecular formula is C33H30AlBrCl6F4N4O4. The van der Waals surface area contributed by atoms with Crippen molar-refractivity contribution in [1.82, 2.24) is 0 Å². The first kappa shape index (κ1) is 50.2. The summed E-state index contributed by atoms with van der Waals surface area (Å²) < 4.78 is 50.5. The summed E-state index contributed by atoms with van der Waals surface area (Å²) in [6, 6.07) is 18.8. The number of nitrogens with one attached hydrogen (secondary N) is 3. The van der Waals surface area contributed by atoms with E-state index in [1.165, 1.54) is 48.5 Å². The zero-order valence-corrected chi connectivity index (χ0v) is 33.6.